The van der Waals surface area contributed by atoms with Crippen LogP contribution in [0.4, 0.5) is 10.7 Å². The van der Waals surface area contributed by atoms with Crippen molar-refractivity contribution in [1.29, 1.82) is 0 Å². The number of anilines is 2. The van der Waals surface area contributed by atoms with E-state index in [-0.39, 0.29) is 5.91 Å². The van der Waals surface area contributed by atoms with Crippen molar-refractivity contribution in [1.82, 2.24) is 15.5 Å². The minimum absolute atomic E-state index is 0.275. The molecule has 0 aromatic carbocycles. The average Bonchev–Trinajstić information content (AvgIpc) is 3.10. The van der Waals surface area contributed by atoms with Crippen LogP contribution >= 0.6 is 11.3 Å². The number of rotatable bonds is 7. The fraction of sp³-hybridized carbons (Fsp3) is 0.250. The third kappa shape index (κ3) is 3.31. The zero-order valence-corrected chi connectivity index (χ0v) is 12.2. The second kappa shape index (κ2) is 6.75. The van der Waals surface area contributed by atoms with Gasteiger partial charge in [0.05, 0.1) is 13.7 Å². The van der Waals surface area contributed by atoms with Gasteiger partial charge in [-0.15, -0.1) is 17.9 Å². The maximum Gasteiger partial charge on any atom is 0.263 e. The van der Waals surface area contributed by atoms with Crippen LogP contribution < -0.4 is 21.1 Å². The fourth-order valence-corrected chi connectivity index (χ4v) is 2.59. The molecule has 9 heteroatoms. The number of nitrogens with two attached hydrogens (primary N) is 1. The minimum Gasteiger partial charge on any atom is -0.492 e. The lowest BCUT2D eigenvalue weighted by Crippen LogP contribution is -2.23. The number of hydrogen-bond acceptors (Lipinski definition) is 8. The average molecular weight is 309 g/mol. The van der Waals surface area contributed by atoms with E-state index in [1.54, 1.807) is 6.08 Å². The van der Waals surface area contributed by atoms with Crippen LogP contribution in [0.5, 0.6) is 5.75 Å². The Kier molecular flexibility index (Phi) is 4.77. The van der Waals surface area contributed by atoms with Gasteiger partial charge in [0.2, 0.25) is 6.39 Å². The Morgan fingerprint density at radius 3 is 3.10 bits per heavy atom. The smallest absolute Gasteiger partial charge is 0.263 e. The Morgan fingerprint density at radius 2 is 2.48 bits per heavy atom. The van der Waals surface area contributed by atoms with E-state index in [4.69, 9.17) is 10.5 Å². The first-order chi connectivity index (χ1) is 10.2. The van der Waals surface area contributed by atoms with Crippen LogP contribution in [0.1, 0.15) is 15.5 Å². The van der Waals surface area contributed by atoms with Gasteiger partial charge in [-0.1, -0.05) is 11.2 Å². The molecule has 0 spiro atoms. The summed E-state index contributed by atoms with van der Waals surface area (Å²) >= 11 is 1.20. The lowest BCUT2D eigenvalue weighted by atomic mass is 10.3. The Hall–Kier alpha value is -2.55. The standard InChI is InChI=1S/C12H15N5O3S/c1-3-4-14-11(18)10-8(13)9(19-2)12(21-10)15-5-7-16-6-20-17-7/h3,6,15H,1,4-5,13H2,2H3,(H,14,18). The Labute approximate surface area is 125 Å². The third-order valence-electron chi connectivity index (χ3n) is 2.53. The van der Waals surface area contributed by atoms with Crippen molar-refractivity contribution in [2.24, 2.45) is 0 Å². The van der Waals surface area contributed by atoms with Gasteiger partial charge in [0.1, 0.15) is 15.6 Å². The van der Waals surface area contributed by atoms with E-state index < -0.39 is 0 Å². The Bertz CT molecular complexity index is 623. The second-order valence-corrected chi connectivity index (χ2v) is 4.93. The Balaban J connectivity index is 2.16. The van der Waals surface area contributed by atoms with Gasteiger partial charge in [0.15, 0.2) is 11.6 Å². The molecule has 0 atom stereocenters. The van der Waals surface area contributed by atoms with Gasteiger partial charge in [0.25, 0.3) is 5.91 Å². The number of nitrogen functional groups attached to an aromatic ring is 1. The maximum atomic E-state index is 12.0. The summed E-state index contributed by atoms with van der Waals surface area (Å²) in [4.78, 5) is 16.3. The molecule has 0 aliphatic heterocycles. The molecule has 0 fully saturated rings. The van der Waals surface area contributed by atoms with Crippen LogP contribution in [-0.2, 0) is 6.54 Å². The SMILES string of the molecule is C=CCNC(=O)c1sc(NCc2ncon2)c(OC)c1N. The highest BCUT2D eigenvalue weighted by molar-refractivity contribution is 7.19. The number of nitrogens with zero attached hydrogens (tertiary/aromatic N) is 2. The van der Waals surface area contributed by atoms with Crippen LogP contribution in [0.2, 0.25) is 0 Å². The molecule has 2 heterocycles. The molecule has 2 aromatic rings. The van der Waals surface area contributed by atoms with Crippen LogP contribution in [-0.4, -0.2) is 29.7 Å². The van der Waals surface area contributed by atoms with Crippen LogP contribution in [0.25, 0.3) is 0 Å². The van der Waals surface area contributed by atoms with Crippen molar-refractivity contribution < 1.29 is 14.1 Å². The largest absolute Gasteiger partial charge is 0.492 e. The molecule has 0 saturated heterocycles. The highest BCUT2D eigenvalue weighted by atomic mass is 32.1. The first-order valence-electron chi connectivity index (χ1n) is 6.01. The normalized spacial score (nSPS) is 10.1. The van der Waals surface area contributed by atoms with E-state index in [9.17, 15) is 4.79 Å². The molecule has 0 aliphatic rings. The van der Waals surface area contributed by atoms with Gasteiger partial charge in [0, 0.05) is 6.54 Å². The summed E-state index contributed by atoms with van der Waals surface area (Å²) in [6, 6.07) is 0. The summed E-state index contributed by atoms with van der Waals surface area (Å²) in [5.74, 6) is 0.636. The number of methoxy groups -OCH3 is 1. The molecule has 0 unspecified atom stereocenters. The van der Waals surface area contributed by atoms with E-state index in [0.717, 1.165) is 0 Å². The molecule has 112 valence electrons. The van der Waals surface area contributed by atoms with Crippen molar-refractivity contribution >= 4 is 27.9 Å². The Morgan fingerprint density at radius 1 is 1.67 bits per heavy atom. The monoisotopic (exact) mass is 309 g/mol. The molecule has 21 heavy (non-hydrogen) atoms. The molecule has 0 saturated carbocycles. The van der Waals surface area contributed by atoms with E-state index in [0.29, 0.717) is 40.2 Å². The van der Waals surface area contributed by atoms with E-state index >= 15 is 0 Å². The first kappa shape index (κ1) is 14.9. The highest BCUT2D eigenvalue weighted by Crippen LogP contribution is 2.42. The molecule has 0 aliphatic carbocycles. The third-order valence-corrected chi connectivity index (χ3v) is 3.67. The summed E-state index contributed by atoms with van der Waals surface area (Å²) in [5, 5.41) is 10.1. The number of carbonyl (C=O) groups is 1. The number of thiophene rings is 1. The predicted molar refractivity (Wildman–Crippen MR) is 79.4 cm³/mol. The molecule has 2 aromatic heterocycles. The first-order valence-corrected chi connectivity index (χ1v) is 6.83. The van der Waals surface area contributed by atoms with Crippen LogP contribution in [0.3, 0.4) is 0 Å². The predicted octanol–water partition coefficient (Wildman–Crippen LogP) is 1.25. The zero-order chi connectivity index (χ0) is 15.2. The number of nitrogens with one attached hydrogen (secondary N) is 2. The van der Waals surface area contributed by atoms with Crippen molar-refractivity contribution in [2.45, 2.75) is 6.54 Å². The molecule has 4 N–H and O–H groups in total. The van der Waals surface area contributed by atoms with Gasteiger partial charge < -0.3 is 25.6 Å². The number of carbonyl (C=O) groups excluding carboxylic acids is 1. The van der Waals surface area contributed by atoms with E-state index in [1.165, 1.54) is 24.8 Å². The molecular weight excluding hydrogens is 294 g/mol. The summed E-state index contributed by atoms with van der Waals surface area (Å²) < 4.78 is 9.88. The van der Waals surface area contributed by atoms with Crippen molar-refractivity contribution in [2.75, 3.05) is 24.7 Å². The minimum atomic E-state index is -0.275. The topological polar surface area (TPSA) is 115 Å². The molecular formula is C12H15N5O3S. The van der Waals surface area contributed by atoms with E-state index in [2.05, 4.69) is 31.9 Å². The highest BCUT2D eigenvalue weighted by Gasteiger charge is 2.21. The van der Waals surface area contributed by atoms with Crippen molar-refractivity contribution in [3.8, 4) is 5.75 Å². The lowest BCUT2D eigenvalue weighted by molar-refractivity contribution is 0.0962. The molecule has 0 radical (unpaired) electrons. The lowest BCUT2D eigenvalue weighted by Gasteiger charge is -2.04. The summed E-state index contributed by atoms with van der Waals surface area (Å²) in [6.07, 6.45) is 2.83. The number of ether oxygens (including phenoxy) is 1. The van der Waals surface area contributed by atoms with Gasteiger partial charge >= 0.3 is 0 Å². The van der Waals surface area contributed by atoms with E-state index in [1.807, 2.05) is 0 Å². The zero-order valence-electron chi connectivity index (χ0n) is 11.4. The second-order valence-electron chi connectivity index (χ2n) is 3.91. The number of hydrogen-bond donors (Lipinski definition) is 3. The van der Waals surface area contributed by atoms with Gasteiger partial charge in [-0.2, -0.15) is 4.98 Å². The van der Waals surface area contributed by atoms with Gasteiger partial charge in [-0.05, 0) is 0 Å². The maximum absolute atomic E-state index is 12.0. The molecule has 0 bridgehead atoms. The molecule has 2 rings (SSSR count). The molecule has 8 nitrogen and oxygen atoms in total. The number of aromatic nitrogens is 2. The van der Waals surface area contributed by atoms with Crippen LogP contribution in [0.15, 0.2) is 23.6 Å². The van der Waals surface area contributed by atoms with Gasteiger partial charge in [-0.3, -0.25) is 4.79 Å². The van der Waals surface area contributed by atoms with Crippen molar-refractivity contribution in [3.05, 3.63) is 29.8 Å². The summed E-state index contributed by atoms with van der Waals surface area (Å²) in [7, 11) is 1.49. The molecule has 1 amide bonds. The number of amides is 1. The quantitative estimate of drug-likeness (QED) is 0.659. The summed E-state index contributed by atoms with van der Waals surface area (Å²) in [5.41, 5.74) is 6.24. The van der Waals surface area contributed by atoms with Gasteiger partial charge in [-0.25, -0.2) is 0 Å². The van der Waals surface area contributed by atoms with Crippen LogP contribution in [0, 0.1) is 0 Å². The summed E-state index contributed by atoms with van der Waals surface area (Å²) in [6.45, 7) is 4.24. The fourth-order valence-electron chi connectivity index (χ4n) is 1.59. The van der Waals surface area contributed by atoms with Crippen molar-refractivity contribution in [3.63, 3.8) is 0 Å².